The molecule has 8 N–H and O–H groups in total. The molecule has 2 rings (SSSR count). The molecule has 0 bridgehead atoms. The van der Waals surface area contributed by atoms with Crippen LogP contribution in [-0.2, 0) is 22.4 Å². The van der Waals surface area contributed by atoms with Gasteiger partial charge in [-0.2, -0.15) is 4.98 Å². The number of nitrogens with zero attached hydrogens (tertiary/aromatic N) is 2. The van der Waals surface area contributed by atoms with Crippen LogP contribution in [0, 0.1) is 0 Å². The smallest absolute Gasteiger partial charge is 0.250 e. The molecular weight excluding hydrogens is 412 g/mol. The number of rotatable bonds is 14. The second-order valence-corrected chi connectivity index (χ2v) is 7.28. The van der Waals surface area contributed by atoms with Crippen LogP contribution in [0.5, 0.6) is 11.5 Å². The average molecular weight is 447 g/mol. The van der Waals surface area contributed by atoms with E-state index in [0.717, 1.165) is 5.56 Å². The molecule has 0 radical (unpaired) electrons. The van der Waals surface area contributed by atoms with Crippen LogP contribution < -0.4 is 32.4 Å². The predicted molar refractivity (Wildman–Crippen MR) is 123 cm³/mol. The quantitative estimate of drug-likeness (QED) is 0.311. The Hall–Kier alpha value is -3.11. The fourth-order valence-corrected chi connectivity index (χ4v) is 3.31. The van der Waals surface area contributed by atoms with Crippen molar-refractivity contribution in [3.63, 3.8) is 0 Å². The molecule has 1 aromatic heterocycles. The van der Waals surface area contributed by atoms with E-state index >= 15 is 0 Å². The van der Waals surface area contributed by atoms with Gasteiger partial charge in [0.05, 0.1) is 25.5 Å². The first-order valence-electron chi connectivity index (χ1n) is 10.8. The molecule has 1 amide bonds. The van der Waals surface area contributed by atoms with E-state index in [1.807, 2.05) is 38.1 Å². The van der Waals surface area contributed by atoms with Gasteiger partial charge in [0.15, 0.2) is 11.6 Å². The molecule has 0 saturated heterocycles. The maximum absolute atomic E-state index is 12.2. The lowest BCUT2D eigenvalue weighted by Crippen LogP contribution is -2.48. The summed E-state index contributed by atoms with van der Waals surface area (Å²) in [4.78, 5) is 20.3. The van der Waals surface area contributed by atoms with E-state index in [4.69, 9.17) is 37.1 Å². The number of amides is 1. The molecule has 0 saturated carbocycles. The Balaban J connectivity index is 1.99. The van der Waals surface area contributed by atoms with E-state index in [1.165, 1.54) is 0 Å². The number of para-hydroxylation sites is 1. The van der Waals surface area contributed by atoms with Gasteiger partial charge in [-0.05, 0) is 24.5 Å². The SMILES string of the molecule is CCc1nc(N)nc(N)c1OCCCOc1ccccc1CC(CC)(OCCN)C(N)=O. The van der Waals surface area contributed by atoms with Gasteiger partial charge in [-0.3, -0.25) is 4.79 Å². The maximum Gasteiger partial charge on any atom is 0.250 e. The van der Waals surface area contributed by atoms with E-state index < -0.39 is 11.5 Å². The molecule has 1 heterocycles. The Morgan fingerprint density at radius 3 is 2.44 bits per heavy atom. The molecule has 0 aliphatic heterocycles. The third kappa shape index (κ3) is 6.44. The summed E-state index contributed by atoms with van der Waals surface area (Å²) >= 11 is 0. The highest BCUT2D eigenvalue weighted by Gasteiger charge is 2.36. The van der Waals surface area contributed by atoms with Gasteiger partial charge in [-0.15, -0.1) is 0 Å². The summed E-state index contributed by atoms with van der Waals surface area (Å²) < 4.78 is 17.5. The Morgan fingerprint density at radius 1 is 1.06 bits per heavy atom. The summed E-state index contributed by atoms with van der Waals surface area (Å²) in [5, 5.41) is 0. The number of nitrogens with two attached hydrogens (primary N) is 4. The van der Waals surface area contributed by atoms with Crippen LogP contribution in [0.2, 0.25) is 0 Å². The van der Waals surface area contributed by atoms with Crippen LogP contribution in [0.3, 0.4) is 0 Å². The fourth-order valence-electron chi connectivity index (χ4n) is 3.31. The lowest BCUT2D eigenvalue weighted by Gasteiger charge is -2.30. The van der Waals surface area contributed by atoms with Crippen molar-refractivity contribution in [2.75, 3.05) is 37.8 Å². The maximum atomic E-state index is 12.2. The standard InChI is InChI=1S/C22H34N6O4/c1-3-16-18(19(24)28-21(26)27-16)31-12-7-11-30-17-9-6-5-8-15(17)14-22(4-2,20(25)29)32-13-10-23/h5-6,8-9H,3-4,7,10-14,23H2,1-2H3,(H2,25,29)(H4,24,26,27,28). The predicted octanol–water partition coefficient (Wildman–Crippen LogP) is 1.20. The van der Waals surface area contributed by atoms with Crippen LogP contribution in [0.1, 0.15) is 37.9 Å². The van der Waals surface area contributed by atoms with Crippen molar-refractivity contribution >= 4 is 17.7 Å². The van der Waals surface area contributed by atoms with Gasteiger partial charge in [0.2, 0.25) is 11.9 Å². The molecule has 2 aromatic rings. The number of primary amides is 1. The Bertz CT molecular complexity index is 895. The van der Waals surface area contributed by atoms with Gasteiger partial charge in [-0.1, -0.05) is 32.0 Å². The van der Waals surface area contributed by atoms with Crippen molar-refractivity contribution in [3.8, 4) is 11.5 Å². The first kappa shape index (κ1) is 25.2. The van der Waals surface area contributed by atoms with E-state index in [9.17, 15) is 4.79 Å². The first-order valence-corrected chi connectivity index (χ1v) is 10.8. The van der Waals surface area contributed by atoms with E-state index in [1.54, 1.807) is 0 Å². The normalized spacial score (nSPS) is 12.8. The number of aryl methyl sites for hydroxylation is 1. The molecule has 0 fully saturated rings. The van der Waals surface area contributed by atoms with Crippen molar-refractivity contribution in [1.82, 2.24) is 9.97 Å². The van der Waals surface area contributed by atoms with Crippen molar-refractivity contribution in [3.05, 3.63) is 35.5 Å². The zero-order valence-electron chi connectivity index (χ0n) is 18.8. The van der Waals surface area contributed by atoms with Crippen molar-refractivity contribution in [2.45, 2.75) is 45.1 Å². The molecule has 0 spiro atoms. The fraction of sp³-hybridized carbons (Fsp3) is 0.500. The number of hydrogen-bond donors (Lipinski definition) is 4. The molecule has 1 aromatic carbocycles. The summed E-state index contributed by atoms with van der Waals surface area (Å²) in [5.74, 6) is 0.939. The van der Waals surface area contributed by atoms with Gasteiger partial charge < -0.3 is 37.1 Å². The zero-order chi connectivity index (χ0) is 23.6. The lowest BCUT2D eigenvalue weighted by molar-refractivity contribution is -0.144. The van der Waals surface area contributed by atoms with Gasteiger partial charge in [0.25, 0.3) is 0 Å². The lowest BCUT2D eigenvalue weighted by atomic mass is 9.90. The third-order valence-electron chi connectivity index (χ3n) is 5.07. The van der Waals surface area contributed by atoms with Crippen molar-refractivity contribution in [1.29, 1.82) is 0 Å². The van der Waals surface area contributed by atoms with E-state index in [2.05, 4.69) is 9.97 Å². The first-order chi connectivity index (χ1) is 15.4. The number of anilines is 2. The van der Waals surface area contributed by atoms with E-state index in [-0.39, 0.29) is 18.4 Å². The number of nitrogen functional groups attached to an aromatic ring is 2. The minimum atomic E-state index is -1.13. The summed E-state index contributed by atoms with van der Waals surface area (Å²) in [7, 11) is 0. The van der Waals surface area contributed by atoms with Crippen molar-refractivity contribution < 1.29 is 19.0 Å². The number of benzene rings is 1. The molecule has 0 aliphatic rings. The highest BCUT2D eigenvalue weighted by Crippen LogP contribution is 2.28. The Kier molecular flexibility index (Phi) is 9.48. The molecule has 10 heteroatoms. The van der Waals surface area contributed by atoms with Gasteiger partial charge in [-0.25, -0.2) is 4.98 Å². The largest absolute Gasteiger partial charge is 0.493 e. The van der Waals surface area contributed by atoms with Gasteiger partial charge in [0, 0.05) is 19.4 Å². The van der Waals surface area contributed by atoms with Crippen LogP contribution in [0.15, 0.2) is 24.3 Å². The molecule has 176 valence electrons. The van der Waals surface area contributed by atoms with Gasteiger partial charge >= 0.3 is 0 Å². The number of aromatic nitrogens is 2. The monoisotopic (exact) mass is 446 g/mol. The molecule has 0 aliphatic carbocycles. The highest BCUT2D eigenvalue weighted by atomic mass is 16.5. The highest BCUT2D eigenvalue weighted by molar-refractivity contribution is 5.84. The molecule has 10 nitrogen and oxygen atoms in total. The van der Waals surface area contributed by atoms with Gasteiger partial charge in [0.1, 0.15) is 11.4 Å². The van der Waals surface area contributed by atoms with Crippen LogP contribution in [-0.4, -0.2) is 47.8 Å². The number of carbonyl (C=O) groups excluding carboxylic acids is 1. The number of ether oxygens (including phenoxy) is 3. The zero-order valence-corrected chi connectivity index (χ0v) is 18.8. The molecule has 32 heavy (non-hydrogen) atoms. The minimum absolute atomic E-state index is 0.126. The Labute approximate surface area is 188 Å². The molecular formula is C22H34N6O4. The summed E-state index contributed by atoms with van der Waals surface area (Å²) in [6, 6.07) is 7.49. The van der Waals surface area contributed by atoms with Crippen LogP contribution in [0.4, 0.5) is 11.8 Å². The Morgan fingerprint density at radius 2 is 1.78 bits per heavy atom. The summed E-state index contributed by atoms with van der Waals surface area (Å²) in [6.45, 7) is 5.11. The second kappa shape index (κ2) is 12.1. The summed E-state index contributed by atoms with van der Waals surface area (Å²) in [5.41, 5.74) is 23.1. The summed E-state index contributed by atoms with van der Waals surface area (Å²) in [6.07, 6.45) is 1.95. The minimum Gasteiger partial charge on any atom is -0.493 e. The topological polar surface area (TPSA) is 175 Å². The van der Waals surface area contributed by atoms with Crippen LogP contribution in [0.25, 0.3) is 0 Å². The third-order valence-corrected chi connectivity index (χ3v) is 5.07. The van der Waals surface area contributed by atoms with Crippen molar-refractivity contribution in [2.24, 2.45) is 11.5 Å². The second-order valence-electron chi connectivity index (χ2n) is 7.28. The molecule has 1 unspecified atom stereocenters. The van der Waals surface area contributed by atoms with E-state index in [0.29, 0.717) is 62.6 Å². The number of carbonyl (C=O) groups is 1. The number of hydrogen-bond acceptors (Lipinski definition) is 9. The average Bonchev–Trinajstić information content (AvgIpc) is 2.78. The molecule has 1 atom stereocenters. The van der Waals surface area contributed by atoms with Crippen LogP contribution >= 0.6 is 0 Å².